The maximum absolute atomic E-state index is 12.5. The molecule has 0 heterocycles. The first-order valence-corrected chi connectivity index (χ1v) is 8.29. The molecule has 1 atom stereocenters. The highest BCUT2D eigenvalue weighted by Crippen LogP contribution is 2.50. The lowest BCUT2D eigenvalue weighted by Crippen LogP contribution is -2.16. The molecule has 0 rings (SSSR count). The van der Waals surface area contributed by atoms with Gasteiger partial charge in [0.25, 0.3) is 0 Å². The van der Waals surface area contributed by atoms with Crippen molar-refractivity contribution in [1.82, 2.24) is 0 Å². The number of hydrogen-bond acceptors (Lipinski definition) is 3. The summed E-state index contributed by atoms with van der Waals surface area (Å²) in [5.74, 6) is 0.378. The molecule has 3 nitrogen and oxygen atoms in total. The molecule has 0 aliphatic heterocycles. The van der Waals surface area contributed by atoms with Gasteiger partial charge in [0.1, 0.15) is 0 Å². The zero-order chi connectivity index (χ0) is 13.5. The normalized spacial score (nSPS) is 16.2. The van der Waals surface area contributed by atoms with E-state index < -0.39 is 7.60 Å². The quantitative estimate of drug-likeness (QED) is 0.595. The van der Waals surface area contributed by atoms with E-state index >= 15 is 0 Å². The molecule has 4 heteroatoms. The average molecular weight is 264 g/mol. The lowest BCUT2D eigenvalue weighted by Gasteiger charge is -2.24. The van der Waals surface area contributed by atoms with Gasteiger partial charge in [0.05, 0.1) is 19.4 Å². The summed E-state index contributed by atoms with van der Waals surface area (Å²) in [6.45, 7) is 13.4. The monoisotopic (exact) mass is 264 g/mol. The van der Waals surface area contributed by atoms with Gasteiger partial charge in [0.15, 0.2) is 0 Å². The van der Waals surface area contributed by atoms with Crippen LogP contribution in [0, 0.1) is 11.3 Å². The van der Waals surface area contributed by atoms with E-state index in [9.17, 15) is 4.57 Å². The highest BCUT2D eigenvalue weighted by molar-refractivity contribution is 7.53. The van der Waals surface area contributed by atoms with Crippen LogP contribution in [0.1, 0.15) is 54.4 Å². The van der Waals surface area contributed by atoms with Crippen LogP contribution in [0.3, 0.4) is 0 Å². The van der Waals surface area contributed by atoms with Crippen molar-refractivity contribution in [3.05, 3.63) is 0 Å². The van der Waals surface area contributed by atoms with Gasteiger partial charge in [-0.2, -0.15) is 0 Å². The summed E-state index contributed by atoms with van der Waals surface area (Å²) in [5, 5.41) is 0. The zero-order valence-electron chi connectivity index (χ0n) is 12.3. The first-order valence-electron chi connectivity index (χ1n) is 6.56. The maximum Gasteiger partial charge on any atom is 0.330 e. The SMILES string of the molecule is CCCCP(=O)(OCC(C)C)OCC(C)(C)C. The zero-order valence-corrected chi connectivity index (χ0v) is 13.2. The van der Waals surface area contributed by atoms with Gasteiger partial charge in [-0.15, -0.1) is 0 Å². The molecule has 17 heavy (non-hydrogen) atoms. The molecule has 1 unspecified atom stereocenters. The standard InChI is InChI=1S/C13H29O3P/c1-7-8-9-17(14,15-10-12(2)3)16-11-13(4,5)6/h12H,7-11H2,1-6H3. The van der Waals surface area contributed by atoms with E-state index in [2.05, 4.69) is 27.7 Å². The third-order valence-electron chi connectivity index (χ3n) is 2.08. The summed E-state index contributed by atoms with van der Waals surface area (Å²) in [5.41, 5.74) is 0.0169. The summed E-state index contributed by atoms with van der Waals surface area (Å²) < 4.78 is 23.6. The summed E-state index contributed by atoms with van der Waals surface area (Å²) in [6, 6.07) is 0. The van der Waals surface area contributed by atoms with E-state index in [1.54, 1.807) is 0 Å². The molecular formula is C13H29O3P. The van der Waals surface area contributed by atoms with Crippen molar-refractivity contribution in [2.75, 3.05) is 19.4 Å². The van der Waals surface area contributed by atoms with Crippen molar-refractivity contribution in [2.45, 2.75) is 54.4 Å². The van der Waals surface area contributed by atoms with Crippen LogP contribution >= 0.6 is 7.60 Å². The molecule has 0 aromatic heterocycles. The molecule has 0 aromatic rings. The smallest absolute Gasteiger partial charge is 0.308 e. The molecule has 0 amide bonds. The highest BCUT2D eigenvalue weighted by Gasteiger charge is 2.26. The predicted molar refractivity (Wildman–Crippen MR) is 73.6 cm³/mol. The molecule has 0 saturated heterocycles. The minimum Gasteiger partial charge on any atom is -0.308 e. The van der Waals surface area contributed by atoms with Crippen molar-refractivity contribution >= 4 is 7.60 Å². The molecule has 0 aliphatic rings. The summed E-state index contributed by atoms with van der Waals surface area (Å²) in [6.07, 6.45) is 2.43. The fourth-order valence-electron chi connectivity index (χ4n) is 1.07. The minimum atomic E-state index is -2.89. The molecule has 104 valence electrons. The fraction of sp³-hybridized carbons (Fsp3) is 1.00. The average Bonchev–Trinajstić information content (AvgIpc) is 2.20. The summed E-state index contributed by atoms with van der Waals surface area (Å²) in [4.78, 5) is 0. The van der Waals surface area contributed by atoms with Gasteiger partial charge < -0.3 is 9.05 Å². The van der Waals surface area contributed by atoms with Crippen LogP contribution in [0.2, 0.25) is 0 Å². The highest BCUT2D eigenvalue weighted by atomic mass is 31.2. The van der Waals surface area contributed by atoms with Crippen LogP contribution in [0.15, 0.2) is 0 Å². The second-order valence-corrected chi connectivity index (χ2v) is 8.40. The third-order valence-corrected chi connectivity index (χ3v) is 4.01. The lowest BCUT2D eigenvalue weighted by atomic mass is 9.99. The summed E-state index contributed by atoms with van der Waals surface area (Å²) >= 11 is 0. The maximum atomic E-state index is 12.5. The molecule has 0 spiro atoms. The van der Waals surface area contributed by atoms with Crippen LogP contribution in [0.5, 0.6) is 0 Å². The van der Waals surface area contributed by atoms with Gasteiger partial charge in [-0.3, -0.25) is 4.57 Å². The molecular weight excluding hydrogens is 235 g/mol. The van der Waals surface area contributed by atoms with Crippen molar-refractivity contribution < 1.29 is 13.6 Å². The predicted octanol–water partition coefficient (Wildman–Crippen LogP) is 4.71. The molecule has 0 bridgehead atoms. The van der Waals surface area contributed by atoms with Gasteiger partial charge in [0, 0.05) is 0 Å². The topological polar surface area (TPSA) is 35.5 Å². The second kappa shape index (κ2) is 7.56. The Balaban J connectivity index is 4.33. The van der Waals surface area contributed by atoms with Crippen LogP contribution in [0.25, 0.3) is 0 Å². The van der Waals surface area contributed by atoms with Crippen LogP contribution in [-0.4, -0.2) is 19.4 Å². The van der Waals surface area contributed by atoms with Crippen LogP contribution in [0.4, 0.5) is 0 Å². The Labute approximate surface area is 107 Å². The second-order valence-electron chi connectivity index (χ2n) is 6.21. The molecule has 0 radical (unpaired) electrons. The Morgan fingerprint density at radius 1 is 1.18 bits per heavy atom. The van der Waals surface area contributed by atoms with Gasteiger partial charge >= 0.3 is 7.60 Å². The van der Waals surface area contributed by atoms with E-state index in [1.807, 2.05) is 13.8 Å². The molecule has 0 aliphatic carbocycles. The first kappa shape index (κ1) is 17.2. The van der Waals surface area contributed by atoms with E-state index in [4.69, 9.17) is 9.05 Å². The minimum absolute atomic E-state index is 0.0169. The van der Waals surface area contributed by atoms with E-state index in [0.717, 1.165) is 12.8 Å². The van der Waals surface area contributed by atoms with Crippen LogP contribution in [-0.2, 0) is 13.6 Å². The van der Waals surface area contributed by atoms with E-state index in [0.29, 0.717) is 25.3 Å². The number of unbranched alkanes of at least 4 members (excludes halogenated alkanes) is 1. The van der Waals surface area contributed by atoms with E-state index in [1.165, 1.54) is 0 Å². The Morgan fingerprint density at radius 3 is 2.18 bits per heavy atom. The molecule has 0 aromatic carbocycles. The molecule has 0 fully saturated rings. The number of hydrogen-bond donors (Lipinski definition) is 0. The Kier molecular flexibility index (Phi) is 7.62. The molecule has 0 N–H and O–H groups in total. The van der Waals surface area contributed by atoms with Gasteiger partial charge in [0.2, 0.25) is 0 Å². The van der Waals surface area contributed by atoms with Crippen LogP contribution < -0.4 is 0 Å². The Morgan fingerprint density at radius 2 is 1.76 bits per heavy atom. The summed E-state index contributed by atoms with van der Waals surface area (Å²) in [7, 11) is -2.89. The van der Waals surface area contributed by atoms with Crippen molar-refractivity contribution in [1.29, 1.82) is 0 Å². The van der Waals surface area contributed by atoms with E-state index in [-0.39, 0.29) is 5.41 Å². The van der Waals surface area contributed by atoms with Crippen molar-refractivity contribution in [2.24, 2.45) is 11.3 Å². The number of rotatable bonds is 8. The van der Waals surface area contributed by atoms with Gasteiger partial charge in [-0.05, 0) is 17.8 Å². The van der Waals surface area contributed by atoms with Crippen molar-refractivity contribution in [3.8, 4) is 0 Å². The first-order chi connectivity index (χ1) is 7.68. The Hall–Kier alpha value is 0.150. The van der Waals surface area contributed by atoms with Crippen molar-refractivity contribution in [3.63, 3.8) is 0 Å². The largest absolute Gasteiger partial charge is 0.330 e. The lowest BCUT2D eigenvalue weighted by molar-refractivity contribution is 0.142. The Bertz CT molecular complexity index is 244. The van der Waals surface area contributed by atoms with Gasteiger partial charge in [-0.1, -0.05) is 48.0 Å². The molecule has 0 saturated carbocycles. The third kappa shape index (κ3) is 9.82. The van der Waals surface area contributed by atoms with Gasteiger partial charge in [-0.25, -0.2) is 0 Å². The fourth-order valence-corrected chi connectivity index (χ4v) is 3.22.